The second-order valence-electron chi connectivity index (χ2n) is 8.05. The Bertz CT molecular complexity index is 1570. The molecule has 1 amide bonds. The number of aromatic nitrogens is 2. The van der Waals surface area contributed by atoms with E-state index in [0.717, 1.165) is 17.8 Å². The Morgan fingerprint density at radius 3 is 2.34 bits per heavy atom. The first-order valence-corrected chi connectivity index (χ1v) is 13.2. The Labute approximate surface area is 226 Å². The van der Waals surface area contributed by atoms with Crippen molar-refractivity contribution in [1.29, 1.82) is 0 Å². The normalized spacial score (nSPS) is 11.9. The van der Waals surface area contributed by atoms with Gasteiger partial charge in [0.05, 0.1) is 22.3 Å². The Kier molecular flexibility index (Phi) is 8.12. The van der Waals surface area contributed by atoms with Crippen molar-refractivity contribution in [3.8, 4) is 5.69 Å². The quantitative estimate of drug-likeness (QED) is 0.267. The third kappa shape index (κ3) is 6.54. The van der Waals surface area contributed by atoms with Crippen LogP contribution in [0.25, 0.3) is 5.69 Å². The molecule has 0 atom stereocenters. The van der Waals surface area contributed by atoms with Gasteiger partial charge < -0.3 is 5.32 Å². The van der Waals surface area contributed by atoms with Crippen LogP contribution in [0.4, 0.5) is 18.9 Å². The second kappa shape index (κ2) is 11.2. The molecule has 0 spiro atoms. The Morgan fingerprint density at radius 2 is 1.66 bits per heavy atom. The van der Waals surface area contributed by atoms with Crippen LogP contribution in [-0.2, 0) is 22.6 Å². The summed E-state index contributed by atoms with van der Waals surface area (Å²) in [6.07, 6.45) is -3.74. The number of nitrogens with one attached hydrogen (secondary N) is 2. The number of anilines is 1. The number of carbonyl (C=O) groups is 1. The van der Waals surface area contributed by atoms with Gasteiger partial charge in [0.15, 0.2) is 5.69 Å². The van der Waals surface area contributed by atoms with Crippen LogP contribution in [0, 0.1) is 0 Å². The average Bonchev–Trinajstić information content (AvgIpc) is 3.31. The highest BCUT2D eigenvalue weighted by atomic mass is 35.5. The van der Waals surface area contributed by atoms with Crippen LogP contribution in [0.15, 0.2) is 83.9 Å². The molecule has 1 aromatic heterocycles. The van der Waals surface area contributed by atoms with Gasteiger partial charge >= 0.3 is 6.18 Å². The maximum atomic E-state index is 13.9. The molecule has 0 saturated heterocycles. The molecule has 38 heavy (non-hydrogen) atoms. The molecule has 7 nitrogen and oxygen atoms in total. The van der Waals surface area contributed by atoms with Crippen molar-refractivity contribution in [2.75, 3.05) is 11.9 Å². The first-order valence-electron chi connectivity index (χ1n) is 11.0. The first kappa shape index (κ1) is 27.6. The summed E-state index contributed by atoms with van der Waals surface area (Å²) in [5.74, 6) is -1.11. The summed E-state index contributed by atoms with van der Waals surface area (Å²) in [7, 11) is -3.97. The number of rotatable bonds is 8. The third-order valence-electron chi connectivity index (χ3n) is 5.35. The molecule has 1 heterocycles. The van der Waals surface area contributed by atoms with Gasteiger partial charge in [-0.05, 0) is 66.6 Å². The number of hydrogen-bond acceptors (Lipinski definition) is 4. The maximum absolute atomic E-state index is 13.9. The highest BCUT2D eigenvalue weighted by Gasteiger charge is 2.40. The van der Waals surface area contributed by atoms with Crippen LogP contribution in [0.1, 0.15) is 21.6 Å². The summed E-state index contributed by atoms with van der Waals surface area (Å²) in [5.41, 5.74) is -1.15. The van der Waals surface area contributed by atoms with Gasteiger partial charge in [-0.1, -0.05) is 41.4 Å². The molecule has 0 radical (unpaired) electrons. The first-order chi connectivity index (χ1) is 17.9. The molecule has 4 aromatic rings. The van der Waals surface area contributed by atoms with Crippen molar-refractivity contribution < 1.29 is 26.4 Å². The standard InChI is InChI=1S/C25H19Cl2F3N4O3S/c26-17-7-9-20(10-8-17)34-23(25(28,29)30)22(15-31-34)24(35)33-19-5-2-6-21(14-19)38(36,37)32-12-11-16-3-1-4-18(27)13-16/h1-10,13-15,32H,11-12H2,(H,33,35). The topological polar surface area (TPSA) is 93.1 Å². The molecule has 4 rings (SSSR count). The minimum atomic E-state index is -4.92. The van der Waals surface area contributed by atoms with Crippen molar-refractivity contribution >= 4 is 44.8 Å². The fraction of sp³-hybridized carbons (Fsp3) is 0.120. The summed E-state index contributed by atoms with van der Waals surface area (Å²) in [5, 5.41) is 6.92. The molecule has 0 fully saturated rings. The number of sulfonamides is 1. The summed E-state index contributed by atoms with van der Waals surface area (Å²) in [6, 6.07) is 17.6. The number of amides is 1. The average molecular weight is 583 g/mol. The van der Waals surface area contributed by atoms with Crippen LogP contribution >= 0.6 is 23.2 Å². The zero-order valence-corrected chi connectivity index (χ0v) is 21.7. The van der Waals surface area contributed by atoms with Crippen molar-refractivity contribution in [3.63, 3.8) is 0 Å². The van der Waals surface area contributed by atoms with E-state index < -0.39 is 33.4 Å². The third-order valence-corrected chi connectivity index (χ3v) is 7.30. The van der Waals surface area contributed by atoms with Crippen LogP contribution < -0.4 is 10.0 Å². The van der Waals surface area contributed by atoms with Gasteiger partial charge in [0.1, 0.15) is 0 Å². The highest BCUT2D eigenvalue weighted by Crippen LogP contribution is 2.34. The minimum absolute atomic E-state index is 0.0138. The van der Waals surface area contributed by atoms with Gasteiger partial charge in [0.2, 0.25) is 10.0 Å². The lowest BCUT2D eigenvalue weighted by Gasteiger charge is -2.13. The SMILES string of the molecule is O=C(Nc1cccc(S(=O)(=O)NCCc2cccc(Cl)c2)c1)c1cnn(-c2ccc(Cl)cc2)c1C(F)(F)F. The van der Waals surface area contributed by atoms with Gasteiger partial charge in [0, 0.05) is 22.3 Å². The highest BCUT2D eigenvalue weighted by molar-refractivity contribution is 7.89. The Balaban J connectivity index is 1.52. The van der Waals surface area contributed by atoms with E-state index in [9.17, 15) is 26.4 Å². The van der Waals surface area contributed by atoms with E-state index in [0.29, 0.717) is 21.1 Å². The van der Waals surface area contributed by atoms with Crippen LogP contribution in [-0.4, -0.2) is 30.7 Å². The molecule has 0 aliphatic heterocycles. The largest absolute Gasteiger partial charge is 0.434 e. The molecule has 0 saturated carbocycles. The number of hydrogen-bond donors (Lipinski definition) is 2. The molecule has 198 valence electrons. The van der Waals surface area contributed by atoms with Crippen molar-refractivity contribution in [1.82, 2.24) is 14.5 Å². The Morgan fingerprint density at radius 1 is 0.947 bits per heavy atom. The minimum Gasteiger partial charge on any atom is -0.322 e. The predicted molar refractivity (Wildman–Crippen MR) is 138 cm³/mol. The lowest BCUT2D eigenvalue weighted by Crippen LogP contribution is -2.26. The summed E-state index contributed by atoms with van der Waals surface area (Å²) in [4.78, 5) is 12.7. The zero-order valence-electron chi connectivity index (χ0n) is 19.3. The number of carbonyl (C=O) groups excluding carboxylic acids is 1. The fourth-order valence-electron chi connectivity index (χ4n) is 3.61. The summed E-state index contributed by atoms with van der Waals surface area (Å²) in [6.45, 7) is 0.0814. The van der Waals surface area contributed by atoms with Crippen LogP contribution in [0.3, 0.4) is 0 Å². The molecule has 0 aliphatic carbocycles. The molecular formula is C25H19Cl2F3N4O3S. The zero-order chi connectivity index (χ0) is 27.5. The van der Waals surface area contributed by atoms with Gasteiger partial charge in [-0.3, -0.25) is 4.79 Å². The molecule has 3 aromatic carbocycles. The molecule has 0 unspecified atom stereocenters. The maximum Gasteiger partial charge on any atom is 0.434 e. The fourth-order valence-corrected chi connectivity index (χ4v) is 5.03. The van der Waals surface area contributed by atoms with E-state index in [1.54, 1.807) is 24.3 Å². The van der Waals surface area contributed by atoms with E-state index in [1.807, 2.05) is 0 Å². The van der Waals surface area contributed by atoms with Gasteiger partial charge in [-0.25, -0.2) is 17.8 Å². The smallest absolute Gasteiger partial charge is 0.322 e. The van der Waals surface area contributed by atoms with Crippen molar-refractivity contribution in [2.24, 2.45) is 0 Å². The molecule has 0 aliphatic rings. The summed E-state index contributed by atoms with van der Waals surface area (Å²) >= 11 is 11.8. The number of benzene rings is 3. The monoisotopic (exact) mass is 582 g/mol. The predicted octanol–water partition coefficient (Wildman–Crippen LogP) is 5.97. The Hall–Kier alpha value is -3.38. The van der Waals surface area contributed by atoms with E-state index in [1.165, 1.54) is 42.5 Å². The van der Waals surface area contributed by atoms with Gasteiger partial charge in [-0.2, -0.15) is 18.3 Å². The van der Waals surface area contributed by atoms with E-state index in [2.05, 4.69) is 15.1 Å². The van der Waals surface area contributed by atoms with Crippen LogP contribution in [0.2, 0.25) is 10.0 Å². The lowest BCUT2D eigenvalue weighted by atomic mass is 10.2. The van der Waals surface area contributed by atoms with Gasteiger partial charge in [0.25, 0.3) is 5.91 Å². The second-order valence-corrected chi connectivity index (χ2v) is 10.7. The number of alkyl halides is 3. The van der Waals surface area contributed by atoms with Crippen LogP contribution in [0.5, 0.6) is 0 Å². The molecule has 13 heteroatoms. The van der Waals surface area contributed by atoms with Crippen molar-refractivity contribution in [2.45, 2.75) is 17.5 Å². The number of nitrogens with zero attached hydrogens (tertiary/aromatic N) is 2. The molecule has 0 bridgehead atoms. The number of halogens is 5. The summed E-state index contributed by atoms with van der Waals surface area (Å²) < 4.78 is 70.3. The van der Waals surface area contributed by atoms with E-state index in [-0.39, 0.29) is 22.8 Å². The van der Waals surface area contributed by atoms with E-state index in [4.69, 9.17) is 23.2 Å². The molecular weight excluding hydrogens is 564 g/mol. The van der Waals surface area contributed by atoms with Gasteiger partial charge in [-0.15, -0.1) is 0 Å². The lowest BCUT2D eigenvalue weighted by molar-refractivity contribution is -0.143. The van der Waals surface area contributed by atoms with E-state index >= 15 is 0 Å². The van der Waals surface area contributed by atoms with Crippen molar-refractivity contribution in [3.05, 3.63) is 106 Å². The molecule has 2 N–H and O–H groups in total.